The minimum absolute atomic E-state index is 0.0279. The number of rotatable bonds is 15. The largest absolute Gasteiger partial charge is 0.394 e. The van der Waals surface area contributed by atoms with Crippen LogP contribution in [0.3, 0.4) is 0 Å². The summed E-state index contributed by atoms with van der Waals surface area (Å²) >= 11 is 5.49. The molecule has 7 nitrogen and oxygen atoms in total. The second-order valence-corrected chi connectivity index (χ2v) is 13.2. The van der Waals surface area contributed by atoms with Crippen molar-refractivity contribution in [2.45, 2.75) is 86.2 Å². The van der Waals surface area contributed by atoms with Gasteiger partial charge >= 0.3 is 0 Å². The summed E-state index contributed by atoms with van der Waals surface area (Å²) in [5, 5.41) is 10.2. The number of fused-ring (bicyclic) bond motifs is 1. The van der Waals surface area contributed by atoms with Gasteiger partial charge in [-0.1, -0.05) is 61.7 Å². The van der Waals surface area contributed by atoms with Crippen molar-refractivity contribution in [3.8, 4) is 0 Å². The first-order valence-electron chi connectivity index (χ1n) is 13.8. The quantitative estimate of drug-likeness (QED) is 0.176. The molecule has 3 rings (SSSR count). The second kappa shape index (κ2) is 13.2. The van der Waals surface area contributed by atoms with Gasteiger partial charge in [0.2, 0.25) is 17.7 Å². The first kappa shape index (κ1) is 30.2. The molecule has 2 bridgehead atoms. The fourth-order valence-corrected chi connectivity index (χ4v) is 10.1. The molecule has 3 amide bonds. The third kappa shape index (κ3) is 5.42. The fourth-order valence-electron chi connectivity index (χ4n) is 6.54. The topological polar surface area (TPSA) is 81.2 Å². The second-order valence-electron chi connectivity index (χ2n) is 10.5. The zero-order valence-electron chi connectivity index (χ0n) is 22.6. The maximum atomic E-state index is 14.3. The van der Waals surface area contributed by atoms with Gasteiger partial charge in [0, 0.05) is 36.3 Å². The minimum atomic E-state index is -0.712. The lowest BCUT2D eigenvalue weighted by molar-refractivity contribution is -0.147. The van der Waals surface area contributed by atoms with Crippen molar-refractivity contribution < 1.29 is 19.5 Å². The Morgan fingerprint density at radius 1 is 1.14 bits per heavy atom. The van der Waals surface area contributed by atoms with Crippen LogP contribution < -0.4 is 0 Å². The molecule has 7 atom stereocenters. The van der Waals surface area contributed by atoms with E-state index in [1.807, 2.05) is 18.7 Å². The Bertz CT molecular complexity index is 868. The Hall–Kier alpha value is -1.32. The zero-order valence-corrected chi connectivity index (χ0v) is 25.0. The van der Waals surface area contributed by atoms with Crippen molar-refractivity contribution in [2.75, 3.05) is 32.8 Å². The predicted molar refractivity (Wildman–Crippen MR) is 154 cm³/mol. The molecule has 3 saturated heterocycles. The Balaban J connectivity index is 2.08. The Morgan fingerprint density at radius 3 is 2.32 bits per heavy atom. The van der Waals surface area contributed by atoms with Gasteiger partial charge in [0.15, 0.2) is 0 Å². The van der Waals surface area contributed by atoms with E-state index < -0.39 is 28.7 Å². The van der Waals surface area contributed by atoms with Gasteiger partial charge in [0.25, 0.3) is 0 Å². The number of amides is 3. The molecule has 0 saturated carbocycles. The van der Waals surface area contributed by atoms with Crippen LogP contribution in [0.2, 0.25) is 0 Å². The first-order chi connectivity index (χ1) is 17.8. The van der Waals surface area contributed by atoms with Crippen LogP contribution in [-0.2, 0) is 14.4 Å². The van der Waals surface area contributed by atoms with Gasteiger partial charge in [0.05, 0.1) is 29.2 Å². The highest BCUT2D eigenvalue weighted by Gasteiger charge is 2.76. The van der Waals surface area contributed by atoms with Crippen LogP contribution in [0.1, 0.15) is 59.3 Å². The monoisotopic (exact) mass is 597 g/mol. The lowest BCUT2D eigenvalue weighted by atomic mass is 9.70. The molecule has 208 valence electrons. The van der Waals surface area contributed by atoms with Gasteiger partial charge in [-0.15, -0.1) is 24.9 Å². The van der Waals surface area contributed by atoms with Crippen molar-refractivity contribution >= 4 is 45.4 Å². The summed E-state index contributed by atoms with van der Waals surface area (Å²) in [7, 11) is 0. The van der Waals surface area contributed by atoms with Gasteiger partial charge in [-0.3, -0.25) is 14.4 Å². The number of unbranched alkanes of at least 4 members (excludes halogenated alkanes) is 2. The maximum Gasteiger partial charge on any atom is 0.247 e. The Kier molecular flexibility index (Phi) is 10.7. The number of nitrogens with zero attached hydrogens (tertiary/aromatic N) is 3. The summed E-state index contributed by atoms with van der Waals surface area (Å²) in [6, 6.07) is -1.18. The molecule has 3 aliphatic rings. The number of halogens is 1. The van der Waals surface area contributed by atoms with Crippen LogP contribution in [0.25, 0.3) is 0 Å². The molecule has 1 spiro atoms. The van der Waals surface area contributed by atoms with Crippen LogP contribution in [0.5, 0.6) is 0 Å². The molecule has 3 unspecified atom stereocenters. The fraction of sp³-hybridized carbons (Fsp3) is 0.750. The zero-order chi connectivity index (χ0) is 27.3. The predicted octanol–water partition coefficient (Wildman–Crippen LogP) is 3.85. The van der Waals surface area contributed by atoms with E-state index in [1.165, 1.54) is 0 Å². The van der Waals surface area contributed by atoms with E-state index in [9.17, 15) is 19.5 Å². The summed E-state index contributed by atoms with van der Waals surface area (Å²) in [4.78, 5) is 47.9. The van der Waals surface area contributed by atoms with Crippen LogP contribution >= 0.6 is 27.7 Å². The number of likely N-dealkylation sites (tertiary alicyclic amines) is 1. The molecule has 0 aromatic heterocycles. The van der Waals surface area contributed by atoms with E-state index in [2.05, 4.69) is 36.0 Å². The summed E-state index contributed by atoms with van der Waals surface area (Å²) < 4.78 is -0.702. The third-order valence-electron chi connectivity index (χ3n) is 8.17. The van der Waals surface area contributed by atoms with Crippen LogP contribution in [0.4, 0.5) is 0 Å². The molecule has 3 fully saturated rings. The summed E-state index contributed by atoms with van der Waals surface area (Å²) in [5.41, 5.74) is 0. The van der Waals surface area contributed by atoms with E-state index in [4.69, 9.17) is 0 Å². The number of carbonyl (C=O) groups excluding carboxylic acids is 3. The molecule has 1 N–H and O–H groups in total. The molecule has 0 aromatic carbocycles. The van der Waals surface area contributed by atoms with E-state index in [0.29, 0.717) is 39.0 Å². The number of hydrogen-bond acceptors (Lipinski definition) is 5. The normalized spacial score (nSPS) is 30.8. The van der Waals surface area contributed by atoms with E-state index in [-0.39, 0.29) is 34.4 Å². The van der Waals surface area contributed by atoms with Crippen molar-refractivity contribution in [1.82, 2.24) is 14.7 Å². The van der Waals surface area contributed by atoms with Gasteiger partial charge in [-0.25, -0.2) is 0 Å². The lowest BCUT2D eigenvalue weighted by Crippen LogP contribution is -2.58. The van der Waals surface area contributed by atoms with E-state index in [0.717, 1.165) is 25.7 Å². The lowest BCUT2D eigenvalue weighted by Gasteiger charge is -2.40. The molecule has 3 heterocycles. The maximum absolute atomic E-state index is 14.3. The highest BCUT2D eigenvalue weighted by Crippen LogP contribution is 2.68. The van der Waals surface area contributed by atoms with Crippen LogP contribution in [0.15, 0.2) is 25.3 Å². The number of hydrogen-bond donors (Lipinski definition) is 1. The van der Waals surface area contributed by atoms with Gasteiger partial charge in [-0.2, -0.15) is 0 Å². The summed E-state index contributed by atoms with van der Waals surface area (Å²) in [5.74, 6) is -1.36. The molecule has 37 heavy (non-hydrogen) atoms. The molecule has 0 aliphatic carbocycles. The summed E-state index contributed by atoms with van der Waals surface area (Å²) in [6.45, 7) is 15.6. The van der Waals surface area contributed by atoms with Crippen molar-refractivity contribution in [2.24, 2.45) is 11.8 Å². The molecule has 0 radical (unpaired) electrons. The highest BCUT2D eigenvalue weighted by molar-refractivity contribution is 9.09. The Morgan fingerprint density at radius 2 is 1.78 bits per heavy atom. The van der Waals surface area contributed by atoms with E-state index >= 15 is 0 Å². The minimum Gasteiger partial charge on any atom is -0.394 e. The van der Waals surface area contributed by atoms with Crippen molar-refractivity contribution in [3.63, 3.8) is 0 Å². The third-order valence-corrected chi connectivity index (χ3v) is 11.4. The first-order valence-corrected chi connectivity index (χ1v) is 15.6. The highest BCUT2D eigenvalue weighted by atomic mass is 79.9. The number of carbonyl (C=O) groups is 3. The SMILES string of the molecule is C=CCN(CCCCC)C(=O)C1N([C@@H](CC)CO)C(=O)[C@@H]2[C@H](C(=O)N(CC=C)CCC)[C@H]3SC12CC3Br. The van der Waals surface area contributed by atoms with Gasteiger partial charge in [-0.05, 0) is 25.7 Å². The molecular formula is C28H44BrN3O4S. The van der Waals surface area contributed by atoms with Crippen LogP contribution in [0, 0.1) is 11.8 Å². The number of aliphatic hydroxyl groups excluding tert-OH is 1. The molecule has 3 aliphatic heterocycles. The average Bonchev–Trinajstić information content (AvgIpc) is 3.47. The molecule has 9 heteroatoms. The van der Waals surface area contributed by atoms with Crippen molar-refractivity contribution in [3.05, 3.63) is 25.3 Å². The van der Waals surface area contributed by atoms with E-state index in [1.54, 1.807) is 33.7 Å². The number of alkyl halides is 1. The number of thioether (sulfide) groups is 1. The Labute approximate surface area is 235 Å². The smallest absolute Gasteiger partial charge is 0.247 e. The molecular weight excluding hydrogens is 554 g/mol. The number of aliphatic hydroxyl groups is 1. The molecule has 0 aromatic rings. The van der Waals surface area contributed by atoms with Gasteiger partial charge in [0.1, 0.15) is 6.04 Å². The van der Waals surface area contributed by atoms with Crippen LogP contribution in [-0.4, -0.2) is 97.2 Å². The standard InChI is InChI=1S/C28H44BrN3O4S/c1-6-11-12-16-31(15-9-4)27(36)24-28-17-20(29)23(37-28)21(25(34)30(13-7-2)14-8-3)22(28)26(35)32(24)19(10-5)18-33/h7,9,19-24,33H,2,4,6,8,10-18H2,1,3,5H3/t19-,20?,21-,22-,23-,24?,28?/m0/s1. The summed E-state index contributed by atoms with van der Waals surface area (Å²) in [6.07, 6.45) is 8.41. The average molecular weight is 599 g/mol. The van der Waals surface area contributed by atoms with Gasteiger partial charge < -0.3 is 19.8 Å². The van der Waals surface area contributed by atoms with Crippen molar-refractivity contribution in [1.29, 1.82) is 0 Å².